The van der Waals surface area contributed by atoms with E-state index in [0.29, 0.717) is 18.7 Å². The smallest absolute Gasteiger partial charge is 0.342 e. The second kappa shape index (κ2) is 7.43. The van der Waals surface area contributed by atoms with Crippen molar-refractivity contribution in [1.82, 2.24) is 0 Å². The van der Waals surface area contributed by atoms with E-state index in [4.69, 9.17) is 9.26 Å². The van der Waals surface area contributed by atoms with Gasteiger partial charge in [0.1, 0.15) is 6.61 Å². The molecule has 0 N–H and O–H groups in total. The van der Waals surface area contributed by atoms with Crippen molar-refractivity contribution in [3.8, 4) is 0 Å². The molecule has 0 saturated heterocycles. The summed E-state index contributed by atoms with van der Waals surface area (Å²) in [6.45, 7) is 10.3. The topological polar surface area (TPSA) is 47.9 Å². The maximum atomic E-state index is 11.8. The van der Waals surface area contributed by atoms with Gasteiger partial charge < -0.3 is 9.26 Å². The molecule has 0 aliphatic carbocycles. The summed E-state index contributed by atoms with van der Waals surface area (Å²) in [6, 6.07) is 0. The van der Waals surface area contributed by atoms with Gasteiger partial charge in [-0.2, -0.15) is 0 Å². The van der Waals surface area contributed by atoms with Crippen LogP contribution in [0.3, 0.4) is 0 Å². The average Bonchev–Trinajstić information content (AvgIpc) is 2.15. The standard InChI is InChI=1S/C11H23NO3Si/c1-6-8-9-10(12-14-7-2)11(13)15-16(3,4)5/h6-9H2,1-5H3/b12-10+. The molecule has 0 bridgehead atoms. The van der Waals surface area contributed by atoms with Crippen LogP contribution in [0, 0.1) is 0 Å². The molecule has 0 aromatic heterocycles. The first-order valence-electron chi connectivity index (χ1n) is 5.82. The highest BCUT2D eigenvalue weighted by Crippen LogP contribution is 2.07. The molecule has 0 unspecified atom stereocenters. The second-order valence-corrected chi connectivity index (χ2v) is 8.99. The molecule has 0 amide bonds. The predicted molar refractivity (Wildman–Crippen MR) is 68.0 cm³/mol. The molecular formula is C11H23NO3Si. The minimum absolute atomic E-state index is 0.318. The minimum atomic E-state index is -1.85. The number of nitrogens with zero attached hydrogens (tertiary/aromatic N) is 1. The summed E-state index contributed by atoms with van der Waals surface area (Å²) in [7, 11) is -1.85. The number of hydrogen-bond acceptors (Lipinski definition) is 4. The summed E-state index contributed by atoms with van der Waals surface area (Å²) in [6.07, 6.45) is 2.57. The fourth-order valence-electron chi connectivity index (χ4n) is 1.01. The van der Waals surface area contributed by atoms with Crippen LogP contribution in [0.1, 0.15) is 33.1 Å². The van der Waals surface area contributed by atoms with Gasteiger partial charge in [-0.25, -0.2) is 4.79 Å². The van der Waals surface area contributed by atoms with Crippen molar-refractivity contribution in [2.75, 3.05) is 6.61 Å². The van der Waals surface area contributed by atoms with Crippen molar-refractivity contribution in [2.24, 2.45) is 5.16 Å². The Hall–Kier alpha value is -0.843. The first-order valence-corrected chi connectivity index (χ1v) is 9.23. The fourth-order valence-corrected chi connectivity index (χ4v) is 1.68. The van der Waals surface area contributed by atoms with E-state index in [9.17, 15) is 4.79 Å². The molecule has 0 heterocycles. The largest absolute Gasteiger partial charge is 0.515 e. The molecule has 0 radical (unpaired) electrons. The van der Waals surface area contributed by atoms with Gasteiger partial charge in [-0.05, 0) is 33.0 Å². The van der Waals surface area contributed by atoms with Crippen molar-refractivity contribution in [3.05, 3.63) is 0 Å². The first-order chi connectivity index (χ1) is 7.40. The van der Waals surface area contributed by atoms with Crippen molar-refractivity contribution in [1.29, 1.82) is 0 Å². The zero-order valence-electron chi connectivity index (χ0n) is 11.0. The van der Waals surface area contributed by atoms with Crippen LogP contribution in [-0.4, -0.2) is 26.6 Å². The van der Waals surface area contributed by atoms with Crippen molar-refractivity contribution >= 4 is 20.0 Å². The Morgan fingerprint density at radius 2 is 1.88 bits per heavy atom. The van der Waals surface area contributed by atoms with Gasteiger partial charge in [0.2, 0.25) is 8.32 Å². The minimum Gasteiger partial charge on any atom is -0.515 e. The van der Waals surface area contributed by atoms with E-state index in [-0.39, 0.29) is 5.97 Å². The quantitative estimate of drug-likeness (QED) is 0.393. The molecule has 0 spiro atoms. The Morgan fingerprint density at radius 3 is 2.31 bits per heavy atom. The fraction of sp³-hybridized carbons (Fsp3) is 0.818. The Bertz CT molecular complexity index is 246. The molecule has 0 aliphatic heterocycles. The zero-order chi connectivity index (χ0) is 12.6. The van der Waals surface area contributed by atoms with Gasteiger partial charge in [-0.1, -0.05) is 18.5 Å². The molecule has 94 valence electrons. The Balaban J connectivity index is 4.44. The van der Waals surface area contributed by atoms with Crippen molar-refractivity contribution < 1.29 is 14.1 Å². The summed E-state index contributed by atoms with van der Waals surface area (Å²) in [5.74, 6) is -0.318. The Labute approximate surface area is 99.1 Å². The van der Waals surface area contributed by atoms with E-state index in [1.54, 1.807) is 0 Å². The number of carbonyl (C=O) groups excluding carboxylic acids is 1. The number of unbranched alkanes of at least 4 members (excludes halogenated alkanes) is 1. The molecular weight excluding hydrogens is 222 g/mol. The van der Waals surface area contributed by atoms with E-state index in [2.05, 4.69) is 12.1 Å². The zero-order valence-corrected chi connectivity index (χ0v) is 12.0. The normalized spacial score (nSPS) is 12.4. The molecule has 16 heavy (non-hydrogen) atoms. The van der Waals surface area contributed by atoms with Gasteiger partial charge in [-0.15, -0.1) is 0 Å². The second-order valence-electron chi connectivity index (χ2n) is 4.56. The van der Waals surface area contributed by atoms with E-state index in [1.807, 2.05) is 26.6 Å². The lowest BCUT2D eigenvalue weighted by Crippen LogP contribution is -2.33. The molecule has 0 aromatic rings. The van der Waals surface area contributed by atoms with Crippen LogP contribution in [0.5, 0.6) is 0 Å². The monoisotopic (exact) mass is 245 g/mol. The molecule has 0 fully saturated rings. The van der Waals surface area contributed by atoms with Crippen LogP contribution in [0.2, 0.25) is 19.6 Å². The van der Waals surface area contributed by atoms with Crippen LogP contribution >= 0.6 is 0 Å². The number of oxime groups is 1. The first kappa shape index (κ1) is 15.2. The van der Waals surface area contributed by atoms with Crippen LogP contribution in [0.25, 0.3) is 0 Å². The number of carbonyl (C=O) groups is 1. The highest BCUT2D eigenvalue weighted by atomic mass is 28.4. The molecule has 0 saturated carbocycles. The Kier molecular flexibility index (Phi) is 7.04. The van der Waals surface area contributed by atoms with E-state index in [0.717, 1.165) is 12.8 Å². The van der Waals surface area contributed by atoms with Crippen LogP contribution in [-0.2, 0) is 14.1 Å². The van der Waals surface area contributed by atoms with Crippen molar-refractivity contribution in [3.63, 3.8) is 0 Å². The third-order valence-corrected chi connectivity index (χ3v) is 2.50. The highest BCUT2D eigenvalue weighted by molar-refractivity contribution is 6.72. The van der Waals surface area contributed by atoms with Gasteiger partial charge in [0.25, 0.3) is 0 Å². The van der Waals surface area contributed by atoms with Gasteiger partial charge in [0.15, 0.2) is 5.71 Å². The van der Waals surface area contributed by atoms with E-state index < -0.39 is 8.32 Å². The summed E-state index contributed by atoms with van der Waals surface area (Å²) in [5.41, 5.74) is 0.408. The summed E-state index contributed by atoms with van der Waals surface area (Å²) in [5, 5.41) is 3.83. The SMILES string of the molecule is CCCC/C(=N\OCC)C(=O)O[Si](C)(C)C. The third kappa shape index (κ3) is 7.45. The lowest BCUT2D eigenvalue weighted by atomic mass is 10.2. The van der Waals surface area contributed by atoms with Gasteiger partial charge in [-0.3, -0.25) is 0 Å². The van der Waals surface area contributed by atoms with Gasteiger partial charge in [0.05, 0.1) is 0 Å². The summed E-state index contributed by atoms with van der Waals surface area (Å²) >= 11 is 0. The predicted octanol–water partition coefficient (Wildman–Crippen LogP) is 2.95. The maximum Gasteiger partial charge on any atom is 0.342 e. The molecule has 0 aromatic carbocycles. The molecule has 0 atom stereocenters. The molecule has 0 aliphatic rings. The van der Waals surface area contributed by atoms with Crippen molar-refractivity contribution in [2.45, 2.75) is 52.8 Å². The third-order valence-electron chi connectivity index (χ3n) is 1.71. The molecule has 4 nitrogen and oxygen atoms in total. The number of rotatable bonds is 7. The van der Waals surface area contributed by atoms with Crippen LogP contribution in [0.4, 0.5) is 0 Å². The molecule has 0 rings (SSSR count). The van der Waals surface area contributed by atoms with Crippen LogP contribution in [0.15, 0.2) is 5.16 Å². The Morgan fingerprint density at radius 1 is 1.25 bits per heavy atom. The van der Waals surface area contributed by atoms with Gasteiger partial charge >= 0.3 is 5.97 Å². The average molecular weight is 245 g/mol. The number of hydrogen-bond donors (Lipinski definition) is 0. The van der Waals surface area contributed by atoms with E-state index >= 15 is 0 Å². The summed E-state index contributed by atoms with van der Waals surface area (Å²) in [4.78, 5) is 16.7. The highest BCUT2D eigenvalue weighted by Gasteiger charge is 2.23. The maximum absolute atomic E-state index is 11.8. The molecule has 5 heteroatoms. The van der Waals surface area contributed by atoms with Gasteiger partial charge in [0, 0.05) is 6.42 Å². The summed E-state index contributed by atoms with van der Waals surface area (Å²) < 4.78 is 5.38. The van der Waals surface area contributed by atoms with Crippen LogP contribution < -0.4 is 0 Å². The lowest BCUT2D eigenvalue weighted by Gasteiger charge is -2.17. The van der Waals surface area contributed by atoms with E-state index in [1.165, 1.54) is 0 Å². The lowest BCUT2D eigenvalue weighted by molar-refractivity contribution is -0.128.